The molecule has 0 radical (unpaired) electrons. The van der Waals surface area contributed by atoms with Crippen molar-refractivity contribution in [3.63, 3.8) is 0 Å². The lowest BCUT2D eigenvalue weighted by molar-refractivity contribution is -0.129. The number of anilines is 1. The number of nitrogens with zero attached hydrogens (tertiary/aromatic N) is 1. The number of nitrogens with two attached hydrogens (primary N) is 1. The summed E-state index contributed by atoms with van der Waals surface area (Å²) in [4.78, 5) is 14.5. The molecule has 0 aromatic heterocycles. The molecule has 1 unspecified atom stereocenters. The Hall–Kier alpha value is -1.66. The summed E-state index contributed by atoms with van der Waals surface area (Å²) in [6, 6.07) is 6.56. The van der Waals surface area contributed by atoms with Gasteiger partial charge < -0.3 is 20.7 Å². The molecule has 6 heteroatoms. The number of carbonyl (C=O) groups excluding carboxylic acids is 1. The summed E-state index contributed by atoms with van der Waals surface area (Å²) < 4.78 is 18.3. The number of hydrogen-bond acceptors (Lipinski definition) is 4. The van der Waals surface area contributed by atoms with Crippen LogP contribution in [0.3, 0.4) is 0 Å². The molecule has 126 valence electrons. The third-order valence-corrected chi connectivity index (χ3v) is 4.87. The Balaban J connectivity index is 1.48. The smallest absolute Gasteiger partial charge is 0.240 e. The molecule has 1 aromatic rings. The minimum atomic E-state index is -0.784. The van der Waals surface area contributed by atoms with E-state index in [0.717, 1.165) is 25.2 Å². The molecule has 23 heavy (non-hydrogen) atoms. The monoisotopic (exact) mass is 321 g/mol. The molecule has 3 rings (SSSR count). The van der Waals surface area contributed by atoms with Gasteiger partial charge in [0.05, 0.1) is 5.54 Å². The van der Waals surface area contributed by atoms with Gasteiger partial charge in [-0.2, -0.15) is 0 Å². The first-order chi connectivity index (χ1) is 11.1. The number of ether oxygens (including phenoxy) is 1. The second-order valence-corrected chi connectivity index (χ2v) is 6.56. The van der Waals surface area contributed by atoms with Crippen molar-refractivity contribution in [3.05, 3.63) is 30.1 Å². The van der Waals surface area contributed by atoms with Gasteiger partial charge in [0.25, 0.3) is 0 Å². The Morgan fingerprint density at radius 2 is 2.04 bits per heavy atom. The first-order valence-electron chi connectivity index (χ1n) is 8.22. The van der Waals surface area contributed by atoms with Gasteiger partial charge in [0.15, 0.2) is 0 Å². The number of amides is 1. The number of rotatable bonds is 4. The minimum absolute atomic E-state index is 0.0685. The molecule has 1 amide bonds. The van der Waals surface area contributed by atoms with Crippen molar-refractivity contribution in [2.75, 3.05) is 37.7 Å². The summed E-state index contributed by atoms with van der Waals surface area (Å²) in [6.45, 7) is 3.52. The predicted octanol–water partition coefficient (Wildman–Crippen LogP) is 1.28. The molecule has 0 spiro atoms. The van der Waals surface area contributed by atoms with Crippen molar-refractivity contribution in [2.45, 2.75) is 24.8 Å². The van der Waals surface area contributed by atoms with Crippen LogP contribution in [0.2, 0.25) is 0 Å². The quantitative estimate of drug-likeness (QED) is 0.876. The van der Waals surface area contributed by atoms with Crippen molar-refractivity contribution in [1.29, 1.82) is 0 Å². The van der Waals surface area contributed by atoms with E-state index < -0.39 is 5.54 Å². The third-order valence-electron chi connectivity index (χ3n) is 4.87. The second-order valence-electron chi connectivity index (χ2n) is 6.56. The maximum Gasteiger partial charge on any atom is 0.240 e. The van der Waals surface area contributed by atoms with Crippen LogP contribution in [-0.2, 0) is 9.53 Å². The zero-order chi connectivity index (χ0) is 16.3. The van der Waals surface area contributed by atoms with Gasteiger partial charge in [0.2, 0.25) is 5.91 Å². The van der Waals surface area contributed by atoms with Gasteiger partial charge in [-0.05, 0) is 49.4 Å². The maximum atomic E-state index is 13.0. The summed E-state index contributed by atoms with van der Waals surface area (Å²) >= 11 is 0. The average Bonchev–Trinajstić information content (AvgIpc) is 3.03. The fourth-order valence-electron chi connectivity index (χ4n) is 3.26. The first-order valence-corrected chi connectivity index (χ1v) is 8.22. The van der Waals surface area contributed by atoms with Gasteiger partial charge in [-0.3, -0.25) is 4.79 Å². The predicted molar refractivity (Wildman–Crippen MR) is 86.7 cm³/mol. The molecule has 2 saturated heterocycles. The van der Waals surface area contributed by atoms with Crippen LogP contribution < -0.4 is 16.0 Å². The molecule has 2 aliphatic heterocycles. The van der Waals surface area contributed by atoms with Gasteiger partial charge in [-0.1, -0.05) is 0 Å². The lowest BCUT2D eigenvalue weighted by atomic mass is 9.90. The van der Waals surface area contributed by atoms with Crippen LogP contribution in [0.1, 0.15) is 19.3 Å². The minimum Gasteiger partial charge on any atom is -0.381 e. The Bertz CT molecular complexity index is 543. The third kappa shape index (κ3) is 3.82. The standard InChI is InChI=1S/C17H24FN3O2/c18-14-1-3-15(4-2-14)21-8-5-13(12-21)11-20-16(22)17(19)6-9-23-10-7-17/h1-4,13H,5-12,19H2,(H,20,22). The Kier molecular flexibility index (Phi) is 4.82. The van der Waals surface area contributed by atoms with E-state index in [1.54, 1.807) is 12.1 Å². The lowest BCUT2D eigenvalue weighted by Gasteiger charge is -2.32. The molecule has 2 aliphatic rings. The van der Waals surface area contributed by atoms with Crippen molar-refractivity contribution >= 4 is 11.6 Å². The average molecular weight is 321 g/mol. The highest BCUT2D eigenvalue weighted by Crippen LogP contribution is 2.24. The van der Waals surface area contributed by atoms with Crippen LogP contribution in [0, 0.1) is 11.7 Å². The largest absolute Gasteiger partial charge is 0.381 e. The highest BCUT2D eigenvalue weighted by molar-refractivity contribution is 5.86. The van der Waals surface area contributed by atoms with Gasteiger partial charge in [0.1, 0.15) is 5.82 Å². The van der Waals surface area contributed by atoms with Crippen LogP contribution >= 0.6 is 0 Å². The number of nitrogens with one attached hydrogen (secondary N) is 1. The SMILES string of the molecule is NC1(C(=O)NCC2CCN(c3ccc(F)cc3)C2)CCOCC1. The van der Waals surface area contributed by atoms with Gasteiger partial charge in [0, 0.05) is 38.5 Å². The van der Waals surface area contributed by atoms with Crippen LogP contribution in [0.4, 0.5) is 10.1 Å². The van der Waals surface area contributed by atoms with Crippen LogP contribution in [0.5, 0.6) is 0 Å². The molecule has 0 bridgehead atoms. The Morgan fingerprint density at radius 3 is 2.74 bits per heavy atom. The highest BCUT2D eigenvalue weighted by atomic mass is 19.1. The number of benzene rings is 1. The fraction of sp³-hybridized carbons (Fsp3) is 0.588. The van der Waals surface area contributed by atoms with Crippen molar-refractivity contribution in [1.82, 2.24) is 5.32 Å². The molecular weight excluding hydrogens is 297 g/mol. The van der Waals surface area contributed by atoms with Crippen molar-refractivity contribution in [3.8, 4) is 0 Å². The van der Waals surface area contributed by atoms with E-state index in [0.29, 0.717) is 38.5 Å². The topological polar surface area (TPSA) is 67.6 Å². The Morgan fingerprint density at radius 1 is 1.35 bits per heavy atom. The van der Waals surface area contributed by atoms with E-state index in [4.69, 9.17) is 10.5 Å². The summed E-state index contributed by atoms with van der Waals surface area (Å²) in [5.41, 5.74) is 6.43. The second kappa shape index (κ2) is 6.84. The fourth-order valence-corrected chi connectivity index (χ4v) is 3.26. The summed E-state index contributed by atoms with van der Waals surface area (Å²) in [5, 5.41) is 3.01. The molecule has 2 heterocycles. The van der Waals surface area contributed by atoms with E-state index in [1.807, 2.05) is 0 Å². The summed E-state index contributed by atoms with van der Waals surface area (Å²) in [5.74, 6) is 0.106. The van der Waals surface area contributed by atoms with Crippen molar-refractivity contribution in [2.24, 2.45) is 11.7 Å². The lowest BCUT2D eigenvalue weighted by Crippen LogP contribution is -2.57. The molecule has 5 nitrogen and oxygen atoms in total. The summed E-state index contributed by atoms with van der Waals surface area (Å²) in [6.07, 6.45) is 2.16. The molecule has 1 atom stereocenters. The Labute approximate surface area is 136 Å². The molecule has 1 aromatic carbocycles. The highest BCUT2D eigenvalue weighted by Gasteiger charge is 2.36. The summed E-state index contributed by atoms with van der Waals surface area (Å²) in [7, 11) is 0. The zero-order valence-corrected chi connectivity index (χ0v) is 13.3. The van der Waals surface area contributed by atoms with Crippen LogP contribution in [0.25, 0.3) is 0 Å². The zero-order valence-electron chi connectivity index (χ0n) is 13.3. The molecule has 3 N–H and O–H groups in total. The van der Waals surface area contributed by atoms with Gasteiger partial charge in [-0.25, -0.2) is 4.39 Å². The molecule has 0 saturated carbocycles. The number of halogens is 1. The number of hydrogen-bond donors (Lipinski definition) is 2. The van der Waals surface area contributed by atoms with Gasteiger partial charge >= 0.3 is 0 Å². The molecule has 2 fully saturated rings. The van der Waals surface area contributed by atoms with E-state index >= 15 is 0 Å². The van der Waals surface area contributed by atoms with E-state index in [-0.39, 0.29) is 11.7 Å². The number of carbonyl (C=O) groups is 1. The van der Waals surface area contributed by atoms with Gasteiger partial charge in [-0.15, -0.1) is 0 Å². The van der Waals surface area contributed by atoms with E-state index in [2.05, 4.69) is 10.2 Å². The van der Waals surface area contributed by atoms with Crippen LogP contribution in [0.15, 0.2) is 24.3 Å². The maximum absolute atomic E-state index is 13.0. The van der Waals surface area contributed by atoms with E-state index in [1.165, 1.54) is 12.1 Å². The normalized spacial score (nSPS) is 23.7. The van der Waals surface area contributed by atoms with E-state index in [9.17, 15) is 9.18 Å². The van der Waals surface area contributed by atoms with Crippen LogP contribution in [-0.4, -0.2) is 44.3 Å². The molecule has 0 aliphatic carbocycles. The molecular formula is C17H24FN3O2. The van der Waals surface area contributed by atoms with Crippen molar-refractivity contribution < 1.29 is 13.9 Å². The first kappa shape index (κ1) is 16.2.